The first-order chi connectivity index (χ1) is 13.5. The van der Waals surface area contributed by atoms with Gasteiger partial charge in [-0.2, -0.15) is 4.80 Å². The molecule has 0 saturated heterocycles. The molecule has 1 amide bonds. The van der Waals surface area contributed by atoms with E-state index in [-0.39, 0.29) is 12.5 Å². The molecule has 0 unspecified atom stereocenters. The van der Waals surface area contributed by atoms with E-state index in [0.29, 0.717) is 29.7 Å². The van der Waals surface area contributed by atoms with Crippen LogP contribution in [0.4, 0.5) is 0 Å². The maximum atomic E-state index is 12.3. The molecule has 0 bridgehead atoms. The van der Waals surface area contributed by atoms with Gasteiger partial charge in [-0.25, -0.2) is 0 Å². The molecule has 0 fully saturated rings. The van der Waals surface area contributed by atoms with Gasteiger partial charge in [-0.1, -0.05) is 11.6 Å². The molecule has 0 aliphatic rings. The minimum absolute atomic E-state index is 0.000371. The summed E-state index contributed by atoms with van der Waals surface area (Å²) in [6.07, 6.45) is 0. The zero-order chi connectivity index (χ0) is 19.9. The van der Waals surface area contributed by atoms with Crippen molar-refractivity contribution in [3.05, 3.63) is 53.6 Å². The molecule has 0 N–H and O–H groups in total. The van der Waals surface area contributed by atoms with E-state index in [4.69, 9.17) is 21.1 Å². The number of likely N-dealkylation sites (N-methyl/N-ethyl adjacent to an activating group) is 1. The summed E-state index contributed by atoms with van der Waals surface area (Å²) in [5, 5.41) is 12.8. The molecule has 1 aromatic heterocycles. The number of carbonyl (C=O) groups is 1. The summed E-state index contributed by atoms with van der Waals surface area (Å²) in [5.74, 6) is 1.78. The lowest BCUT2D eigenvalue weighted by Gasteiger charge is -2.17. The van der Waals surface area contributed by atoms with E-state index in [1.807, 2.05) is 24.3 Å². The van der Waals surface area contributed by atoms with Crippen molar-refractivity contribution in [1.82, 2.24) is 25.1 Å². The quantitative estimate of drug-likeness (QED) is 0.577. The van der Waals surface area contributed by atoms with E-state index in [1.54, 1.807) is 43.3 Å². The number of tetrazole rings is 1. The van der Waals surface area contributed by atoms with Crippen molar-refractivity contribution in [1.29, 1.82) is 0 Å². The van der Waals surface area contributed by atoms with Crippen LogP contribution in [0.3, 0.4) is 0 Å². The van der Waals surface area contributed by atoms with Crippen molar-refractivity contribution >= 4 is 17.5 Å². The fraction of sp³-hybridized carbons (Fsp3) is 0.263. The maximum Gasteiger partial charge on any atom is 0.246 e. The van der Waals surface area contributed by atoms with Crippen LogP contribution in [0.1, 0.15) is 0 Å². The van der Waals surface area contributed by atoms with E-state index in [2.05, 4.69) is 15.4 Å². The van der Waals surface area contributed by atoms with Gasteiger partial charge >= 0.3 is 0 Å². The second kappa shape index (κ2) is 9.18. The highest BCUT2D eigenvalue weighted by molar-refractivity contribution is 6.30. The second-order valence-corrected chi connectivity index (χ2v) is 6.43. The zero-order valence-corrected chi connectivity index (χ0v) is 16.3. The maximum absolute atomic E-state index is 12.3. The number of halogens is 1. The third-order valence-corrected chi connectivity index (χ3v) is 4.26. The third-order valence-electron chi connectivity index (χ3n) is 4.01. The van der Waals surface area contributed by atoms with Gasteiger partial charge in [0, 0.05) is 17.6 Å². The first-order valence-electron chi connectivity index (χ1n) is 8.60. The van der Waals surface area contributed by atoms with Gasteiger partial charge in [-0.15, -0.1) is 10.2 Å². The molecule has 1 heterocycles. The minimum atomic E-state index is -0.140. The van der Waals surface area contributed by atoms with Crippen molar-refractivity contribution in [3.8, 4) is 22.9 Å². The van der Waals surface area contributed by atoms with Gasteiger partial charge in [0.15, 0.2) is 0 Å². The number of methoxy groups -OCH3 is 1. The number of aromatic nitrogens is 4. The monoisotopic (exact) mass is 401 g/mol. The number of carbonyl (C=O) groups excluding carboxylic acids is 1. The van der Waals surface area contributed by atoms with E-state index >= 15 is 0 Å². The average molecular weight is 402 g/mol. The lowest BCUT2D eigenvalue weighted by atomic mass is 10.2. The van der Waals surface area contributed by atoms with Crippen LogP contribution in [0.15, 0.2) is 48.5 Å². The molecule has 2 aromatic carbocycles. The van der Waals surface area contributed by atoms with Crippen molar-refractivity contribution in [2.45, 2.75) is 6.54 Å². The highest BCUT2D eigenvalue weighted by atomic mass is 35.5. The fourth-order valence-corrected chi connectivity index (χ4v) is 2.49. The molecule has 8 nitrogen and oxygen atoms in total. The highest BCUT2D eigenvalue weighted by Gasteiger charge is 2.13. The highest BCUT2D eigenvalue weighted by Crippen LogP contribution is 2.17. The van der Waals surface area contributed by atoms with Gasteiger partial charge in [0.2, 0.25) is 11.7 Å². The topological polar surface area (TPSA) is 82.4 Å². The van der Waals surface area contributed by atoms with E-state index in [1.165, 1.54) is 4.80 Å². The van der Waals surface area contributed by atoms with Gasteiger partial charge in [0.25, 0.3) is 0 Å². The Labute approximate surface area is 167 Å². The number of amides is 1. The Morgan fingerprint density at radius 2 is 1.79 bits per heavy atom. The van der Waals surface area contributed by atoms with Crippen molar-refractivity contribution in [2.75, 3.05) is 27.3 Å². The van der Waals surface area contributed by atoms with Crippen LogP contribution in [-0.4, -0.2) is 58.3 Å². The molecule has 0 atom stereocenters. The van der Waals surface area contributed by atoms with Crippen LogP contribution in [0.25, 0.3) is 11.4 Å². The lowest BCUT2D eigenvalue weighted by Crippen LogP contribution is -2.34. The van der Waals surface area contributed by atoms with Crippen LogP contribution in [-0.2, 0) is 11.3 Å². The zero-order valence-electron chi connectivity index (χ0n) is 15.6. The molecule has 3 aromatic rings. The summed E-state index contributed by atoms with van der Waals surface area (Å²) in [4.78, 5) is 15.2. The summed E-state index contributed by atoms with van der Waals surface area (Å²) >= 11 is 5.87. The third kappa shape index (κ3) is 5.20. The van der Waals surface area contributed by atoms with Gasteiger partial charge in [-0.05, 0) is 53.7 Å². The molecule has 9 heteroatoms. The molecule has 0 aliphatic heterocycles. The normalized spacial score (nSPS) is 10.5. The molecule has 3 rings (SSSR count). The van der Waals surface area contributed by atoms with Crippen molar-refractivity contribution < 1.29 is 14.3 Å². The van der Waals surface area contributed by atoms with Gasteiger partial charge in [-0.3, -0.25) is 4.79 Å². The molecular formula is C19H20ClN5O3. The predicted octanol–water partition coefficient (Wildman–Crippen LogP) is 2.54. The van der Waals surface area contributed by atoms with E-state index in [9.17, 15) is 4.79 Å². The number of hydrogen-bond donors (Lipinski definition) is 0. The number of hydrogen-bond acceptors (Lipinski definition) is 6. The van der Waals surface area contributed by atoms with Crippen LogP contribution in [0.5, 0.6) is 11.5 Å². The number of rotatable bonds is 8. The molecule has 0 saturated carbocycles. The van der Waals surface area contributed by atoms with E-state index < -0.39 is 0 Å². The Bertz CT molecular complexity index is 912. The first kappa shape index (κ1) is 19.6. The fourth-order valence-electron chi connectivity index (χ4n) is 2.36. The van der Waals surface area contributed by atoms with Crippen molar-refractivity contribution in [3.63, 3.8) is 0 Å². The van der Waals surface area contributed by atoms with E-state index in [0.717, 1.165) is 11.3 Å². The summed E-state index contributed by atoms with van der Waals surface area (Å²) in [7, 11) is 3.32. The van der Waals surface area contributed by atoms with Gasteiger partial charge < -0.3 is 14.4 Å². The van der Waals surface area contributed by atoms with Crippen LogP contribution >= 0.6 is 11.6 Å². The first-order valence-corrected chi connectivity index (χ1v) is 8.97. The Balaban J connectivity index is 1.48. The molecule has 146 valence electrons. The second-order valence-electron chi connectivity index (χ2n) is 5.99. The predicted molar refractivity (Wildman–Crippen MR) is 104 cm³/mol. The Hall–Kier alpha value is -3.13. The Kier molecular flexibility index (Phi) is 6.44. The molecule has 0 aliphatic carbocycles. The number of ether oxygens (including phenoxy) is 2. The number of benzene rings is 2. The SMILES string of the molecule is COc1ccc(OCCN(C)C(=O)Cn2nnc(-c3ccc(Cl)cc3)n2)cc1. The number of nitrogens with zero attached hydrogens (tertiary/aromatic N) is 5. The summed E-state index contributed by atoms with van der Waals surface area (Å²) in [6, 6.07) is 14.4. The summed E-state index contributed by atoms with van der Waals surface area (Å²) in [6.45, 7) is 0.804. The standard InChI is InChI=1S/C19H20ClN5O3/c1-24(11-12-28-17-9-7-16(27-2)8-10-17)18(26)13-25-22-19(21-23-25)14-3-5-15(20)6-4-14/h3-10H,11-13H2,1-2H3. The molecule has 0 spiro atoms. The average Bonchev–Trinajstić information content (AvgIpc) is 3.17. The van der Waals surface area contributed by atoms with Crippen LogP contribution < -0.4 is 9.47 Å². The van der Waals surface area contributed by atoms with Gasteiger partial charge in [0.05, 0.1) is 13.7 Å². The smallest absolute Gasteiger partial charge is 0.246 e. The lowest BCUT2D eigenvalue weighted by molar-refractivity contribution is -0.131. The Morgan fingerprint density at radius 3 is 2.46 bits per heavy atom. The minimum Gasteiger partial charge on any atom is -0.497 e. The molecule has 28 heavy (non-hydrogen) atoms. The largest absolute Gasteiger partial charge is 0.497 e. The van der Waals surface area contributed by atoms with Gasteiger partial charge in [0.1, 0.15) is 24.7 Å². The van der Waals surface area contributed by atoms with Crippen LogP contribution in [0, 0.1) is 0 Å². The Morgan fingerprint density at radius 1 is 1.11 bits per heavy atom. The van der Waals surface area contributed by atoms with Crippen molar-refractivity contribution in [2.24, 2.45) is 0 Å². The molecule has 0 radical (unpaired) electrons. The summed E-state index contributed by atoms with van der Waals surface area (Å²) in [5.41, 5.74) is 0.782. The van der Waals surface area contributed by atoms with Crippen LogP contribution in [0.2, 0.25) is 5.02 Å². The summed E-state index contributed by atoms with van der Waals surface area (Å²) < 4.78 is 10.7. The molecular weight excluding hydrogens is 382 g/mol.